The molecule has 2 aromatic rings. The summed E-state index contributed by atoms with van der Waals surface area (Å²) in [7, 11) is -3.82. The largest absolute Gasteiger partial charge is 0.416 e. The van der Waals surface area contributed by atoms with E-state index in [2.05, 4.69) is 5.32 Å². The average molecular weight is 418 g/mol. The molecule has 0 atom stereocenters. The van der Waals surface area contributed by atoms with Crippen molar-refractivity contribution in [2.75, 3.05) is 18.4 Å². The van der Waals surface area contributed by atoms with Crippen molar-refractivity contribution in [3.05, 3.63) is 46.2 Å². The van der Waals surface area contributed by atoms with E-state index in [1.165, 1.54) is 27.9 Å². The fraction of sp³-hybridized carbons (Fsp3) is 0.353. The van der Waals surface area contributed by atoms with Crippen molar-refractivity contribution < 1.29 is 26.4 Å². The summed E-state index contributed by atoms with van der Waals surface area (Å²) in [6.07, 6.45) is -2.06. The molecule has 0 radical (unpaired) electrons. The topological polar surface area (TPSA) is 66.5 Å². The van der Waals surface area contributed by atoms with E-state index in [1.807, 2.05) is 0 Å². The third-order valence-corrected chi connectivity index (χ3v) is 7.20. The molecule has 0 spiro atoms. The van der Waals surface area contributed by atoms with Gasteiger partial charge in [0.2, 0.25) is 10.0 Å². The van der Waals surface area contributed by atoms with Gasteiger partial charge < -0.3 is 5.32 Å². The maximum Gasteiger partial charge on any atom is 0.416 e. The zero-order valence-electron chi connectivity index (χ0n) is 14.1. The number of hydrogen-bond acceptors (Lipinski definition) is 4. The first-order chi connectivity index (χ1) is 12.7. The first-order valence-corrected chi connectivity index (χ1v) is 10.6. The predicted octanol–water partition coefficient (Wildman–Crippen LogP) is 4.19. The van der Waals surface area contributed by atoms with Crippen molar-refractivity contribution in [2.24, 2.45) is 0 Å². The molecule has 10 heteroatoms. The summed E-state index contributed by atoms with van der Waals surface area (Å²) in [5.41, 5.74) is -0.947. The van der Waals surface area contributed by atoms with Crippen LogP contribution in [0.1, 0.15) is 34.5 Å². The van der Waals surface area contributed by atoms with Crippen molar-refractivity contribution in [3.8, 4) is 0 Å². The number of sulfonamides is 1. The molecule has 1 amide bonds. The van der Waals surface area contributed by atoms with Crippen molar-refractivity contribution >= 4 is 33.0 Å². The second-order valence-electron chi connectivity index (χ2n) is 6.11. The number of anilines is 1. The van der Waals surface area contributed by atoms with Crippen molar-refractivity contribution in [1.29, 1.82) is 0 Å². The van der Waals surface area contributed by atoms with E-state index < -0.39 is 27.7 Å². The molecule has 2 heterocycles. The van der Waals surface area contributed by atoms with E-state index in [9.17, 15) is 26.4 Å². The van der Waals surface area contributed by atoms with Crippen molar-refractivity contribution in [3.63, 3.8) is 0 Å². The molecule has 1 aromatic carbocycles. The Kier molecular flexibility index (Phi) is 5.59. The van der Waals surface area contributed by atoms with Crippen LogP contribution in [-0.2, 0) is 16.2 Å². The van der Waals surface area contributed by atoms with Crippen molar-refractivity contribution in [1.82, 2.24) is 4.31 Å². The van der Waals surface area contributed by atoms with Gasteiger partial charge in [-0.2, -0.15) is 17.5 Å². The number of halogens is 3. The predicted molar refractivity (Wildman–Crippen MR) is 96.3 cm³/mol. The van der Waals surface area contributed by atoms with Gasteiger partial charge in [0.1, 0.15) is 9.77 Å². The molecule has 1 N–H and O–H groups in total. The fourth-order valence-corrected chi connectivity index (χ4v) is 5.68. The molecule has 5 nitrogen and oxygen atoms in total. The van der Waals surface area contributed by atoms with Crippen LogP contribution in [0, 0.1) is 0 Å². The molecular weight excluding hydrogens is 401 g/mol. The summed E-state index contributed by atoms with van der Waals surface area (Å²) in [5, 5.41) is 3.84. The molecule has 1 aliphatic rings. The van der Waals surface area contributed by atoms with Gasteiger partial charge in [0.25, 0.3) is 5.91 Å². The maximum absolute atomic E-state index is 12.8. The van der Waals surface area contributed by atoms with Crippen LogP contribution in [-0.4, -0.2) is 31.7 Å². The minimum atomic E-state index is -4.54. The molecule has 1 saturated heterocycles. The van der Waals surface area contributed by atoms with E-state index >= 15 is 0 Å². The van der Waals surface area contributed by atoms with Gasteiger partial charge in [-0.05, 0) is 42.5 Å². The Hall–Kier alpha value is -1.91. The molecule has 0 saturated carbocycles. The standard InChI is InChI=1S/C17H17F3N2O3S2/c18-17(19,20)12-5-4-6-13(11-12)21-16(23)15-14(7-10-26-15)27(24,25)22-8-2-1-3-9-22/h4-7,10-11H,1-3,8-9H2,(H,21,23). The Morgan fingerprint density at radius 2 is 1.81 bits per heavy atom. The third kappa shape index (κ3) is 4.33. The number of carbonyl (C=O) groups excluding carboxylic acids is 1. The lowest BCUT2D eigenvalue weighted by Crippen LogP contribution is -2.36. The van der Waals surface area contributed by atoms with Gasteiger partial charge in [-0.3, -0.25) is 4.79 Å². The van der Waals surface area contributed by atoms with Crippen LogP contribution in [0.4, 0.5) is 18.9 Å². The summed E-state index contributed by atoms with van der Waals surface area (Å²) >= 11 is 0.937. The molecule has 0 bridgehead atoms. The number of alkyl halides is 3. The quantitative estimate of drug-likeness (QED) is 0.810. The highest BCUT2D eigenvalue weighted by Gasteiger charge is 2.32. The van der Waals surface area contributed by atoms with Gasteiger partial charge in [0.15, 0.2) is 0 Å². The van der Waals surface area contributed by atoms with Crippen molar-refractivity contribution in [2.45, 2.75) is 30.3 Å². The van der Waals surface area contributed by atoms with Crippen LogP contribution in [0.5, 0.6) is 0 Å². The minimum Gasteiger partial charge on any atom is -0.321 e. The van der Waals surface area contributed by atoms with E-state index in [0.717, 1.165) is 42.7 Å². The number of nitrogens with one attached hydrogen (secondary N) is 1. The summed E-state index contributed by atoms with van der Waals surface area (Å²) in [6, 6.07) is 5.56. The fourth-order valence-electron chi connectivity index (χ4n) is 2.87. The van der Waals surface area contributed by atoms with Gasteiger partial charge in [-0.1, -0.05) is 12.5 Å². The molecule has 27 heavy (non-hydrogen) atoms. The minimum absolute atomic E-state index is 0.0435. The second kappa shape index (κ2) is 7.61. The Morgan fingerprint density at radius 1 is 1.11 bits per heavy atom. The number of rotatable bonds is 4. The monoisotopic (exact) mass is 418 g/mol. The number of nitrogens with zero attached hydrogens (tertiary/aromatic N) is 1. The highest BCUT2D eigenvalue weighted by molar-refractivity contribution is 7.89. The number of benzene rings is 1. The SMILES string of the molecule is O=C(Nc1cccc(C(F)(F)F)c1)c1sccc1S(=O)(=O)N1CCCCC1. The van der Waals surface area contributed by atoms with Gasteiger partial charge >= 0.3 is 6.18 Å². The average Bonchev–Trinajstić information content (AvgIpc) is 3.13. The molecule has 1 aliphatic heterocycles. The summed E-state index contributed by atoms with van der Waals surface area (Å²) < 4.78 is 65.4. The number of piperidine rings is 1. The Labute approximate surface area is 158 Å². The summed E-state index contributed by atoms with van der Waals surface area (Å²) in [5.74, 6) is -0.750. The summed E-state index contributed by atoms with van der Waals surface area (Å²) in [4.78, 5) is 12.4. The Morgan fingerprint density at radius 3 is 2.48 bits per heavy atom. The van der Waals surface area contributed by atoms with Crippen LogP contribution in [0.15, 0.2) is 40.6 Å². The van der Waals surface area contributed by atoms with E-state index in [0.29, 0.717) is 13.1 Å². The normalized spacial score (nSPS) is 16.3. The van der Waals surface area contributed by atoms with Crippen LogP contribution >= 0.6 is 11.3 Å². The van der Waals surface area contributed by atoms with Crippen LogP contribution in [0.2, 0.25) is 0 Å². The molecule has 1 fully saturated rings. The van der Waals surface area contributed by atoms with E-state index in [-0.39, 0.29) is 15.5 Å². The molecule has 0 aliphatic carbocycles. The van der Waals surface area contributed by atoms with Gasteiger partial charge in [0, 0.05) is 18.8 Å². The lowest BCUT2D eigenvalue weighted by molar-refractivity contribution is -0.137. The summed E-state index contributed by atoms with van der Waals surface area (Å²) in [6.45, 7) is 0.791. The zero-order chi connectivity index (χ0) is 19.7. The number of hydrogen-bond donors (Lipinski definition) is 1. The number of amides is 1. The first kappa shape index (κ1) is 19.8. The van der Waals surface area contributed by atoms with Gasteiger partial charge in [0.05, 0.1) is 5.56 Å². The lowest BCUT2D eigenvalue weighted by Gasteiger charge is -2.25. The highest BCUT2D eigenvalue weighted by Crippen LogP contribution is 2.32. The molecular formula is C17H17F3N2O3S2. The van der Waals surface area contributed by atoms with Crippen LogP contribution in [0.3, 0.4) is 0 Å². The number of carbonyl (C=O) groups is 1. The highest BCUT2D eigenvalue weighted by atomic mass is 32.2. The Balaban J connectivity index is 1.84. The third-order valence-electron chi connectivity index (χ3n) is 4.22. The van der Waals surface area contributed by atoms with Gasteiger partial charge in [-0.25, -0.2) is 8.42 Å². The smallest absolute Gasteiger partial charge is 0.321 e. The van der Waals surface area contributed by atoms with Crippen LogP contribution in [0.25, 0.3) is 0 Å². The molecule has 3 rings (SSSR count). The van der Waals surface area contributed by atoms with E-state index in [4.69, 9.17) is 0 Å². The second-order valence-corrected chi connectivity index (χ2v) is 8.93. The Bertz CT molecular complexity index is 933. The molecule has 0 unspecified atom stereocenters. The lowest BCUT2D eigenvalue weighted by atomic mass is 10.2. The molecule has 1 aromatic heterocycles. The van der Waals surface area contributed by atoms with E-state index in [1.54, 1.807) is 0 Å². The van der Waals surface area contributed by atoms with Crippen LogP contribution < -0.4 is 5.32 Å². The number of thiophene rings is 1. The van der Waals surface area contributed by atoms with Gasteiger partial charge in [-0.15, -0.1) is 11.3 Å². The maximum atomic E-state index is 12.8. The molecule has 146 valence electrons. The first-order valence-electron chi connectivity index (χ1n) is 8.26. The zero-order valence-corrected chi connectivity index (χ0v) is 15.8.